The van der Waals surface area contributed by atoms with Crippen LogP contribution in [-0.4, -0.2) is 5.75 Å². The van der Waals surface area contributed by atoms with E-state index in [4.69, 9.17) is 0 Å². The first kappa shape index (κ1) is 8.06. The van der Waals surface area contributed by atoms with Crippen molar-refractivity contribution in [3.05, 3.63) is 28.4 Å². The molecule has 1 aliphatic rings. The maximum Gasteiger partial charge on any atom is 0.0635 e. The highest BCUT2D eigenvalue weighted by molar-refractivity contribution is 8.78. The van der Waals surface area contributed by atoms with E-state index in [0.29, 0.717) is 0 Å². The molecule has 1 aliphatic heterocycles. The Hall–Kier alpha value is -0.0400. The van der Waals surface area contributed by atoms with Crippen molar-refractivity contribution in [1.29, 1.82) is 0 Å². The van der Waals surface area contributed by atoms with Gasteiger partial charge in [0, 0.05) is 5.75 Å². The topological polar surface area (TPSA) is 0 Å². The Morgan fingerprint density at radius 2 is 2.30 bits per heavy atom. The van der Waals surface area contributed by atoms with Crippen LogP contribution in [0.3, 0.4) is 0 Å². The van der Waals surface area contributed by atoms with Gasteiger partial charge in [-0.1, -0.05) is 17.4 Å². The van der Waals surface area contributed by atoms with Gasteiger partial charge in [0.15, 0.2) is 0 Å². The molecule has 10 heavy (non-hydrogen) atoms. The Balaban J connectivity index is 2.92. The summed E-state index contributed by atoms with van der Waals surface area (Å²) >= 11 is 0. The minimum atomic E-state index is 1.06. The fourth-order valence-corrected chi connectivity index (χ4v) is 3.05. The number of rotatable bonds is 0. The van der Waals surface area contributed by atoms with Gasteiger partial charge in [0.2, 0.25) is 0 Å². The first-order valence-corrected chi connectivity index (χ1v) is 5.44. The molecule has 0 aliphatic carbocycles. The third kappa shape index (κ3) is 1.98. The van der Waals surface area contributed by atoms with Gasteiger partial charge in [0.25, 0.3) is 0 Å². The standard InChI is InChI=1S/C8H10S2/c1-6(2)4-8-7(3)5-9-10-8/h3,5H2,1-2H3. The van der Waals surface area contributed by atoms with Gasteiger partial charge in [-0.2, -0.15) is 0 Å². The summed E-state index contributed by atoms with van der Waals surface area (Å²) in [5.41, 5.74) is 5.71. The largest absolute Gasteiger partial charge is 0.106 e. The molecule has 0 radical (unpaired) electrons. The predicted molar refractivity (Wildman–Crippen MR) is 51.1 cm³/mol. The van der Waals surface area contributed by atoms with E-state index < -0.39 is 0 Å². The lowest BCUT2D eigenvalue weighted by Crippen LogP contribution is -1.74. The summed E-state index contributed by atoms with van der Waals surface area (Å²) in [6.07, 6.45) is 0. The van der Waals surface area contributed by atoms with Gasteiger partial charge in [-0.25, -0.2) is 0 Å². The van der Waals surface area contributed by atoms with E-state index in [1.807, 2.05) is 10.8 Å². The maximum atomic E-state index is 3.93. The van der Waals surface area contributed by atoms with Gasteiger partial charge in [-0.3, -0.25) is 0 Å². The Bertz CT molecular complexity index is 215. The van der Waals surface area contributed by atoms with Crippen molar-refractivity contribution in [2.45, 2.75) is 13.8 Å². The Labute approximate surface area is 69.9 Å². The highest BCUT2D eigenvalue weighted by Gasteiger charge is 2.11. The lowest BCUT2D eigenvalue weighted by atomic mass is 10.3. The Morgan fingerprint density at radius 1 is 1.60 bits per heavy atom. The number of hydrogen-bond acceptors (Lipinski definition) is 2. The lowest BCUT2D eigenvalue weighted by molar-refractivity contribution is 1.40. The summed E-state index contributed by atoms with van der Waals surface area (Å²) in [4.78, 5) is 1.23. The summed E-state index contributed by atoms with van der Waals surface area (Å²) in [6, 6.07) is 0. The minimum Gasteiger partial charge on any atom is -0.106 e. The Morgan fingerprint density at radius 3 is 2.70 bits per heavy atom. The molecule has 54 valence electrons. The molecule has 0 unspecified atom stereocenters. The molecule has 0 nitrogen and oxygen atoms in total. The van der Waals surface area contributed by atoms with Crippen LogP contribution in [0.5, 0.6) is 0 Å². The molecule has 1 saturated heterocycles. The molecular formula is C8H10S2. The predicted octanol–water partition coefficient (Wildman–Crippen LogP) is 3.39. The van der Waals surface area contributed by atoms with E-state index in [1.165, 1.54) is 16.1 Å². The molecule has 0 amide bonds. The highest BCUT2D eigenvalue weighted by atomic mass is 33.1. The van der Waals surface area contributed by atoms with E-state index in [2.05, 4.69) is 26.2 Å². The van der Waals surface area contributed by atoms with Crippen molar-refractivity contribution in [2.24, 2.45) is 0 Å². The van der Waals surface area contributed by atoms with Gasteiger partial charge >= 0.3 is 0 Å². The summed E-state index contributed by atoms with van der Waals surface area (Å²) in [6.45, 7) is 8.05. The van der Waals surface area contributed by atoms with Crippen LogP contribution in [0.15, 0.2) is 28.4 Å². The van der Waals surface area contributed by atoms with Crippen molar-refractivity contribution >= 4 is 21.6 Å². The van der Waals surface area contributed by atoms with Crippen LogP contribution in [0.2, 0.25) is 0 Å². The third-order valence-corrected chi connectivity index (χ3v) is 3.41. The van der Waals surface area contributed by atoms with E-state index in [1.54, 1.807) is 10.8 Å². The van der Waals surface area contributed by atoms with Crippen LogP contribution in [0, 0.1) is 0 Å². The smallest absolute Gasteiger partial charge is 0.0635 e. The normalized spacial score (nSPS) is 17.4. The van der Waals surface area contributed by atoms with Crippen molar-refractivity contribution < 1.29 is 0 Å². The van der Waals surface area contributed by atoms with Crippen LogP contribution in [0.1, 0.15) is 13.8 Å². The Kier molecular flexibility index (Phi) is 2.72. The SMILES string of the molecule is C=C1CSSC1=C=C(C)C. The van der Waals surface area contributed by atoms with E-state index in [9.17, 15) is 0 Å². The summed E-state index contributed by atoms with van der Waals surface area (Å²) in [5.74, 6) is 1.06. The molecule has 0 aromatic carbocycles. The molecule has 0 saturated carbocycles. The second kappa shape index (κ2) is 3.38. The summed E-state index contributed by atoms with van der Waals surface area (Å²) in [5, 5.41) is 0. The summed E-state index contributed by atoms with van der Waals surface area (Å²) < 4.78 is 0. The summed E-state index contributed by atoms with van der Waals surface area (Å²) in [7, 11) is 3.62. The molecular weight excluding hydrogens is 160 g/mol. The number of hydrogen-bond donors (Lipinski definition) is 0. The average molecular weight is 170 g/mol. The molecule has 0 bridgehead atoms. The van der Waals surface area contributed by atoms with Gasteiger partial charge in [-0.05, 0) is 35.8 Å². The van der Waals surface area contributed by atoms with Crippen LogP contribution in [0.4, 0.5) is 0 Å². The first-order chi connectivity index (χ1) is 4.70. The average Bonchev–Trinajstić information content (AvgIpc) is 2.15. The maximum absolute atomic E-state index is 3.93. The molecule has 0 aromatic rings. The van der Waals surface area contributed by atoms with Crippen LogP contribution in [-0.2, 0) is 0 Å². The molecule has 0 N–H and O–H groups in total. The molecule has 2 heteroatoms. The molecule has 0 spiro atoms. The van der Waals surface area contributed by atoms with Crippen LogP contribution in [0.25, 0.3) is 0 Å². The zero-order valence-corrected chi connectivity index (χ0v) is 7.86. The van der Waals surface area contributed by atoms with Crippen molar-refractivity contribution in [3.8, 4) is 0 Å². The fraction of sp³-hybridized carbons (Fsp3) is 0.375. The van der Waals surface area contributed by atoms with Crippen LogP contribution < -0.4 is 0 Å². The molecule has 0 aromatic heterocycles. The van der Waals surface area contributed by atoms with E-state index in [0.717, 1.165) is 5.75 Å². The van der Waals surface area contributed by atoms with Crippen molar-refractivity contribution in [3.63, 3.8) is 0 Å². The first-order valence-electron chi connectivity index (χ1n) is 3.12. The molecule has 1 fully saturated rings. The molecule has 1 heterocycles. The third-order valence-electron chi connectivity index (χ3n) is 1.06. The fourth-order valence-electron chi connectivity index (χ4n) is 0.620. The van der Waals surface area contributed by atoms with Crippen molar-refractivity contribution in [1.82, 2.24) is 0 Å². The zero-order valence-electron chi connectivity index (χ0n) is 6.23. The van der Waals surface area contributed by atoms with Gasteiger partial charge in [0.05, 0.1) is 4.91 Å². The monoisotopic (exact) mass is 170 g/mol. The van der Waals surface area contributed by atoms with E-state index >= 15 is 0 Å². The lowest BCUT2D eigenvalue weighted by Gasteiger charge is -1.88. The second-order valence-corrected chi connectivity index (χ2v) is 4.71. The van der Waals surface area contributed by atoms with Gasteiger partial charge < -0.3 is 0 Å². The van der Waals surface area contributed by atoms with Gasteiger partial charge in [0.1, 0.15) is 0 Å². The van der Waals surface area contributed by atoms with Crippen molar-refractivity contribution in [2.75, 3.05) is 5.75 Å². The second-order valence-electron chi connectivity index (χ2n) is 2.40. The molecule has 1 rings (SSSR count). The number of allylic oxidation sites excluding steroid dienone is 1. The van der Waals surface area contributed by atoms with Gasteiger partial charge in [-0.15, -0.1) is 5.73 Å². The minimum absolute atomic E-state index is 1.06. The quantitative estimate of drug-likeness (QED) is 0.404. The molecule has 0 atom stereocenters. The highest BCUT2D eigenvalue weighted by Crippen LogP contribution is 2.43. The van der Waals surface area contributed by atoms with E-state index in [-0.39, 0.29) is 0 Å². The zero-order chi connectivity index (χ0) is 7.56. The van der Waals surface area contributed by atoms with Crippen LogP contribution >= 0.6 is 21.6 Å².